The van der Waals surface area contributed by atoms with Gasteiger partial charge in [-0.15, -0.1) is 21.5 Å². The van der Waals surface area contributed by atoms with Gasteiger partial charge in [0.25, 0.3) is 0 Å². The molecule has 0 unspecified atom stereocenters. The standard InChI is InChI=1S/C17H23N3S/c1-11(18-12(2)17-20-19-13(3)21-17)15-9-8-14-6-4-5-7-16(14)10-15/h8-12,18H,4-7H2,1-3H3/t11-,12-/m1/s1. The predicted molar refractivity (Wildman–Crippen MR) is 87.7 cm³/mol. The molecular formula is C17H23N3S. The van der Waals surface area contributed by atoms with E-state index in [9.17, 15) is 0 Å². The molecule has 1 N–H and O–H groups in total. The first-order valence-electron chi connectivity index (χ1n) is 7.81. The van der Waals surface area contributed by atoms with E-state index in [2.05, 4.69) is 47.6 Å². The average molecular weight is 301 g/mol. The van der Waals surface area contributed by atoms with Gasteiger partial charge in [0.05, 0.1) is 6.04 Å². The highest BCUT2D eigenvalue weighted by Gasteiger charge is 2.16. The SMILES string of the molecule is Cc1nnc([C@@H](C)N[C@H](C)c2ccc3c(c2)CCCC3)s1. The van der Waals surface area contributed by atoms with Crippen molar-refractivity contribution in [1.82, 2.24) is 15.5 Å². The third kappa shape index (κ3) is 3.33. The summed E-state index contributed by atoms with van der Waals surface area (Å²) in [7, 11) is 0. The first kappa shape index (κ1) is 14.7. The van der Waals surface area contributed by atoms with Crippen LogP contribution < -0.4 is 5.32 Å². The molecule has 0 saturated heterocycles. The molecule has 1 aliphatic carbocycles. The summed E-state index contributed by atoms with van der Waals surface area (Å²) in [5.74, 6) is 0. The number of nitrogens with one attached hydrogen (secondary N) is 1. The van der Waals surface area contributed by atoms with E-state index in [1.165, 1.54) is 31.2 Å². The Morgan fingerprint density at radius 3 is 2.52 bits per heavy atom. The number of aromatic nitrogens is 2. The van der Waals surface area contributed by atoms with Crippen molar-refractivity contribution in [3.8, 4) is 0 Å². The van der Waals surface area contributed by atoms with Crippen LogP contribution in [0.2, 0.25) is 0 Å². The molecule has 1 heterocycles. The molecule has 1 aromatic heterocycles. The molecular weight excluding hydrogens is 278 g/mol. The van der Waals surface area contributed by atoms with Crippen LogP contribution in [0.4, 0.5) is 0 Å². The molecule has 3 rings (SSSR count). The highest BCUT2D eigenvalue weighted by molar-refractivity contribution is 7.11. The van der Waals surface area contributed by atoms with Crippen molar-refractivity contribution in [1.29, 1.82) is 0 Å². The predicted octanol–water partition coefficient (Wildman–Crippen LogP) is 4.14. The minimum absolute atomic E-state index is 0.238. The van der Waals surface area contributed by atoms with Crippen molar-refractivity contribution in [3.63, 3.8) is 0 Å². The van der Waals surface area contributed by atoms with E-state index in [4.69, 9.17) is 0 Å². The van der Waals surface area contributed by atoms with E-state index in [-0.39, 0.29) is 6.04 Å². The molecule has 0 spiro atoms. The molecule has 112 valence electrons. The van der Waals surface area contributed by atoms with Crippen LogP contribution in [0.3, 0.4) is 0 Å². The van der Waals surface area contributed by atoms with Gasteiger partial charge in [-0.25, -0.2) is 0 Å². The molecule has 0 aliphatic heterocycles. The third-order valence-electron chi connectivity index (χ3n) is 4.28. The topological polar surface area (TPSA) is 37.8 Å². The molecule has 21 heavy (non-hydrogen) atoms. The molecule has 1 aliphatic rings. The van der Waals surface area contributed by atoms with E-state index in [0.717, 1.165) is 10.0 Å². The van der Waals surface area contributed by atoms with Crippen LogP contribution in [-0.2, 0) is 12.8 Å². The molecule has 0 amide bonds. The fourth-order valence-corrected chi connectivity index (χ4v) is 3.76. The number of hydrogen-bond donors (Lipinski definition) is 1. The first-order chi connectivity index (χ1) is 10.1. The smallest absolute Gasteiger partial charge is 0.134 e. The normalized spacial score (nSPS) is 17.3. The zero-order valence-electron chi connectivity index (χ0n) is 13.0. The van der Waals surface area contributed by atoms with Gasteiger partial charge in [0, 0.05) is 6.04 Å². The number of hydrogen-bond acceptors (Lipinski definition) is 4. The van der Waals surface area contributed by atoms with Crippen LogP contribution in [0.15, 0.2) is 18.2 Å². The van der Waals surface area contributed by atoms with Gasteiger partial charge in [-0.3, -0.25) is 0 Å². The second-order valence-corrected chi connectivity index (χ2v) is 7.22. The first-order valence-corrected chi connectivity index (χ1v) is 8.63. The Bertz CT molecular complexity index is 620. The van der Waals surface area contributed by atoms with Crippen molar-refractivity contribution in [3.05, 3.63) is 44.9 Å². The van der Waals surface area contributed by atoms with Crippen molar-refractivity contribution in [2.45, 2.75) is 58.5 Å². The maximum atomic E-state index is 4.24. The summed E-state index contributed by atoms with van der Waals surface area (Å²) >= 11 is 1.67. The number of fused-ring (bicyclic) bond motifs is 1. The number of rotatable bonds is 4. The second-order valence-electron chi connectivity index (χ2n) is 6.00. The van der Waals surface area contributed by atoms with Gasteiger partial charge in [-0.1, -0.05) is 18.2 Å². The van der Waals surface area contributed by atoms with Crippen molar-refractivity contribution in [2.24, 2.45) is 0 Å². The van der Waals surface area contributed by atoms with E-state index < -0.39 is 0 Å². The Balaban J connectivity index is 1.71. The molecule has 3 nitrogen and oxygen atoms in total. The Morgan fingerprint density at radius 1 is 1.05 bits per heavy atom. The molecule has 2 atom stereocenters. The third-order valence-corrected chi connectivity index (χ3v) is 5.31. The average Bonchev–Trinajstić information content (AvgIpc) is 2.93. The quantitative estimate of drug-likeness (QED) is 0.922. The highest BCUT2D eigenvalue weighted by Crippen LogP contribution is 2.26. The second kappa shape index (κ2) is 6.24. The lowest BCUT2D eigenvalue weighted by Crippen LogP contribution is -2.22. The molecule has 0 bridgehead atoms. The van der Waals surface area contributed by atoms with Gasteiger partial charge in [0.15, 0.2) is 0 Å². The van der Waals surface area contributed by atoms with Gasteiger partial charge in [-0.2, -0.15) is 0 Å². The Hall–Kier alpha value is -1.26. The minimum Gasteiger partial charge on any atom is -0.301 e. The zero-order chi connectivity index (χ0) is 14.8. The van der Waals surface area contributed by atoms with Gasteiger partial charge < -0.3 is 5.32 Å². The van der Waals surface area contributed by atoms with Gasteiger partial charge in [0.1, 0.15) is 10.0 Å². The van der Waals surface area contributed by atoms with E-state index in [1.54, 1.807) is 22.5 Å². The van der Waals surface area contributed by atoms with Crippen LogP contribution in [0.25, 0.3) is 0 Å². The lowest BCUT2D eigenvalue weighted by molar-refractivity contribution is 0.490. The number of benzene rings is 1. The van der Waals surface area contributed by atoms with Gasteiger partial charge in [0.2, 0.25) is 0 Å². The van der Waals surface area contributed by atoms with Gasteiger partial charge >= 0.3 is 0 Å². The van der Waals surface area contributed by atoms with Crippen molar-refractivity contribution >= 4 is 11.3 Å². The summed E-state index contributed by atoms with van der Waals surface area (Å²) in [5, 5.41) is 14.1. The molecule has 1 aromatic carbocycles. The lowest BCUT2D eigenvalue weighted by Gasteiger charge is -2.22. The fraction of sp³-hybridized carbons (Fsp3) is 0.529. The Kier molecular flexibility index (Phi) is 4.36. The fourth-order valence-electron chi connectivity index (χ4n) is 3.05. The van der Waals surface area contributed by atoms with Crippen LogP contribution in [-0.4, -0.2) is 10.2 Å². The zero-order valence-corrected chi connectivity index (χ0v) is 13.8. The van der Waals surface area contributed by atoms with E-state index in [1.807, 2.05) is 6.92 Å². The lowest BCUT2D eigenvalue weighted by atomic mass is 9.89. The van der Waals surface area contributed by atoms with E-state index in [0.29, 0.717) is 6.04 Å². The molecule has 0 saturated carbocycles. The summed E-state index contributed by atoms with van der Waals surface area (Å²) in [6.07, 6.45) is 5.16. The van der Waals surface area contributed by atoms with Crippen LogP contribution in [0, 0.1) is 6.92 Å². The monoisotopic (exact) mass is 301 g/mol. The summed E-state index contributed by atoms with van der Waals surface area (Å²) in [6, 6.07) is 7.56. The largest absolute Gasteiger partial charge is 0.301 e. The number of nitrogens with zero attached hydrogens (tertiary/aromatic N) is 2. The van der Waals surface area contributed by atoms with E-state index >= 15 is 0 Å². The van der Waals surface area contributed by atoms with Crippen LogP contribution in [0.5, 0.6) is 0 Å². The maximum Gasteiger partial charge on any atom is 0.134 e. The Labute approximate surface area is 130 Å². The Morgan fingerprint density at radius 2 is 1.81 bits per heavy atom. The molecule has 0 fully saturated rings. The highest BCUT2D eigenvalue weighted by atomic mass is 32.1. The maximum absolute atomic E-state index is 4.24. The summed E-state index contributed by atoms with van der Waals surface area (Å²) < 4.78 is 0. The molecule has 0 radical (unpaired) electrons. The summed E-state index contributed by atoms with van der Waals surface area (Å²) in [6.45, 7) is 6.39. The number of aryl methyl sites for hydroxylation is 3. The molecule has 4 heteroatoms. The summed E-state index contributed by atoms with van der Waals surface area (Å²) in [5.41, 5.74) is 4.47. The minimum atomic E-state index is 0.238. The summed E-state index contributed by atoms with van der Waals surface area (Å²) in [4.78, 5) is 0. The van der Waals surface area contributed by atoms with Crippen LogP contribution in [0.1, 0.15) is 65.5 Å². The van der Waals surface area contributed by atoms with Crippen molar-refractivity contribution < 1.29 is 0 Å². The molecule has 2 aromatic rings. The van der Waals surface area contributed by atoms with Crippen LogP contribution >= 0.6 is 11.3 Å². The van der Waals surface area contributed by atoms with Crippen molar-refractivity contribution in [2.75, 3.05) is 0 Å². The van der Waals surface area contributed by atoms with Gasteiger partial charge in [-0.05, 0) is 63.1 Å².